The first kappa shape index (κ1) is 15.0. The van der Waals surface area contributed by atoms with Gasteiger partial charge in [0.05, 0.1) is 12.0 Å². The minimum Gasteiger partial charge on any atom is -0.459 e. The molecule has 4 saturated carbocycles. The first-order chi connectivity index (χ1) is 11.5. The predicted octanol–water partition coefficient (Wildman–Crippen LogP) is 4.82. The van der Waals surface area contributed by atoms with Crippen LogP contribution in [-0.4, -0.2) is 15.8 Å². The summed E-state index contributed by atoms with van der Waals surface area (Å²) in [4.78, 5) is 16.9. The van der Waals surface area contributed by atoms with Crippen molar-refractivity contribution in [3.05, 3.63) is 35.2 Å². The molecule has 1 amide bonds. The molecule has 0 spiro atoms. The highest BCUT2D eigenvalue weighted by Crippen LogP contribution is 2.64. The van der Waals surface area contributed by atoms with Crippen LogP contribution < -0.4 is 5.32 Å². The molecule has 0 radical (unpaired) electrons. The maximum atomic E-state index is 12.1. The second-order valence-corrected chi connectivity index (χ2v) is 9.52. The van der Waals surface area contributed by atoms with Gasteiger partial charge in [-0.25, -0.2) is 4.98 Å². The maximum Gasteiger partial charge on any atom is 0.293 e. The van der Waals surface area contributed by atoms with Crippen LogP contribution in [0, 0.1) is 11.8 Å². The lowest BCUT2D eigenvalue weighted by atomic mass is 9.48. The molecule has 126 valence electrons. The molecule has 2 heterocycles. The van der Waals surface area contributed by atoms with Crippen LogP contribution in [0.2, 0.25) is 0 Å². The summed E-state index contributed by atoms with van der Waals surface area (Å²) >= 11 is 8.42. The van der Waals surface area contributed by atoms with Crippen molar-refractivity contribution in [2.24, 2.45) is 11.8 Å². The Labute approximate surface area is 149 Å². The SMILES string of the molecule is O=C(Nc1nc(C23C[C@@H]4C[C@@H](CC(Cl)(C4)C2)C3)cs1)c1ccco1. The molecule has 4 nitrogen and oxygen atoms in total. The minimum atomic E-state index is -0.250. The van der Waals surface area contributed by atoms with Crippen LogP contribution in [0.4, 0.5) is 5.13 Å². The zero-order valence-electron chi connectivity index (χ0n) is 13.3. The molecule has 2 unspecified atom stereocenters. The average Bonchev–Trinajstić information content (AvgIpc) is 3.16. The van der Waals surface area contributed by atoms with Crippen LogP contribution in [0.5, 0.6) is 0 Å². The van der Waals surface area contributed by atoms with Gasteiger partial charge in [-0.2, -0.15) is 0 Å². The molecule has 0 aromatic carbocycles. The number of aromatic nitrogens is 1. The van der Waals surface area contributed by atoms with E-state index < -0.39 is 0 Å². The van der Waals surface area contributed by atoms with Crippen molar-refractivity contribution < 1.29 is 9.21 Å². The second kappa shape index (κ2) is 5.09. The molecule has 6 heteroatoms. The number of hydrogen-bond donors (Lipinski definition) is 1. The Morgan fingerprint density at radius 3 is 2.79 bits per heavy atom. The van der Waals surface area contributed by atoms with Crippen molar-refractivity contribution in [1.82, 2.24) is 4.98 Å². The summed E-state index contributed by atoms with van der Waals surface area (Å²) in [7, 11) is 0. The van der Waals surface area contributed by atoms with Crippen molar-refractivity contribution in [3.8, 4) is 0 Å². The van der Waals surface area contributed by atoms with Gasteiger partial charge in [0.25, 0.3) is 5.91 Å². The Hall–Kier alpha value is -1.33. The normalized spacial score (nSPS) is 36.9. The summed E-state index contributed by atoms with van der Waals surface area (Å²) in [6.45, 7) is 0. The fraction of sp³-hybridized carbons (Fsp3) is 0.556. The topological polar surface area (TPSA) is 55.1 Å². The quantitative estimate of drug-likeness (QED) is 0.796. The van der Waals surface area contributed by atoms with Crippen LogP contribution in [0.15, 0.2) is 28.2 Å². The molecule has 4 fully saturated rings. The summed E-state index contributed by atoms with van der Waals surface area (Å²) in [6, 6.07) is 3.36. The fourth-order valence-corrected chi connectivity index (χ4v) is 7.11. The number of anilines is 1. The molecule has 6 rings (SSSR count). The van der Waals surface area contributed by atoms with Crippen LogP contribution in [0.3, 0.4) is 0 Å². The van der Waals surface area contributed by atoms with Gasteiger partial charge >= 0.3 is 0 Å². The predicted molar refractivity (Wildman–Crippen MR) is 93.7 cm³/mol. The molecule has 0 aliphatic heterocycles. The van der Waals surface area contributed by atoms with E-state index in [0.717, 1.165) is 24.0 Å². The van der Waals surface area contributed by atoms with Gasteiger partial charge in [-0.15, -0.1) is 22.9 Å². The second-order valence-electron chi connectivity index (χ2n) is 7.86. The molecular weight excluding hydrogens is 344 g/mol. The molecule has 2 aromatic rings. The summed E-state index contributed by atoms with van der Waals surface area (Å²) < 4.78 is 5.14. The van der Waals surface area contributed by atoms with Crippen LogP contribution in [-0.2, 0) is 5.41 Å². The Morgan fingerprint density at radius 1 is 1.33 bits per heavy atom. The Bertz CT molecular complexity index is 771. The van der Waals surface area contributed by atoms with E-state index in [1.807, 2.05) is 0 Å². The van der Waals surface area contributed by atoms with Gasteiger partial charge in [0, 0.05) is 15.7 Å². The van der Waals surface area contributed by atoms with Crippen molar-refractivity contribution in [2.75, 3.05) is 5.32 Å². The smallest absolute Gasteiger partial charge is 0.293 e. The van der Waals surface area contributed by atoms with E-state index >= 15 is 0 Å². The van der Waals surface area contributed by atoms with Crippen LogP contribution in [0.25, 0.3) is 0 Å². The standard InChI is InChI=1S/C18H19ClN2O2S/c19-18-7-11-4-12(8-18)6-17(5-11,10-18)14-9-24-16(20-14)21-15(22)13-2-1-3-23-13/h1-3,9,11-12H,4-8,10H2,(H,20,21,22)/t11-,12+,17?,18?. The number of carbonyl (C=O) groups excluding carboxylic acids is 1. The van der Waals surface area contributed by atoms with Gasteiger partial charge in [0.2, 0.25) is 0 Å². The first-order valence-corrected chi connectivity index (χ1v) is 9.79. The zero-order valence-corrected chi connectivity index (χ0v) is 14.8. The molecule has 0 saturated heterocycles. The summed E-state index contributed by atoms with van der Waals surface area (Å²) in [5, 5.41) is 5.61. The highest BCUT2D eigenvalue weighted by molar-refractivity contribution is 7.14. The lowest BCUT2D eigenvalue weighted by Gasteiger charge is -2.59. The fourth-order valence-electron chi connectivity index (χ4n) is 5.59. The monoisotopic (exact) mass is 362 g/mol. The first-order valence-electron chi connectivity index (χ1n) is 8.53. The van der Waals surface area contributed by atoms with Gasteiger partial charge in [0.15, 0.2) is 10.9 Å². The third-order valence-electron chi connectivity index (χ3n) is 6.00. The third-order valence-corrected chi connectivity index (χ3v) is 7.20. The van der Waals surface area contributed by atoms with E-state index in [1.54, 1.807) is 12.1 Å². The van der Waals surface area contributed by atoms with E-state index in [-0.39, 0.29) is 16.2 Å². The van der Waals surface area contributed by atoms with E-state index in [2.05, 4.69) is 10.7 Å². The van der Waals surface area contributed by atoms with Gasteiger partial charge in [-0.1, -0.05) is 0 Å². The highest BCUT2D eigenvalue weighted by Gasteiger charge is 2.58. The van der Waals surface area contributed by atoms with Crippen molar-refractivity contribution in [3.63, 3.8) is 0 Å². The van der Waals surface area contributed by atoms with Crippen molar-refractivity contribution in [1.29, 1.82) is 0 Å². The number of hydrogen-bond acceptors (Lipinski definition) is 4. The number of nitrogens with one attached hydrogen (secondary N) is 1. The molecule has 4 atom stereocenters. The van der Waals surface area contributed by atoms with Gasteiger partial charge in [0.1, 0.15) is 0 Å². The minimum absolute atomic E-state index is 0.0225. The highest BCUT2D eigenvalue weighted by atomic mass is 35.5. The number of nitrogens with zero attached hydrogens (tertiary/aromatic N) is 1. The van der Waals surface area contributed by atoms with Gasteiger partial charge in [-0.3, -0.25) is 10.1 Å². The number of furan rings is 1. The Kier molecular flexibility index (Phi) is 3.17. The Morgan fingerprint density at radius 2 is 2.12 bits per heavy atom. The van der Waals surface area contributed by atoms with Gasteiger partial charge < -0.3 is 4.42 Å². The number of rotatable bonds is 3. The summed E-state index contributed by atoms with van der Waals surface area (Å²) in [5.41, 5.74) is 1.25. The van der Waals surface area contributed by atoms with E-state index in [4.69, 9.17) is 21.0 Å². The number of amides is 1. The lowest BCUT2D eigenvalue weighted by Crippen LogP contribution is -2.55. The van der Waals surface area contributed by atoms with E-state index in [1.165, 1.54) is 49.7 Å². The largest absolute Gasteiger partial charge is 0.459 e. The van der Waals surface area contributed by atoms with E-state index in [0.29, 0.717) is 10.9 Å². The number of halogens is 1. The zero-order chi connectivity index (χ0) is 16.4. The average molecular weight is 363 g/mol. The van der Waals surface area contributed by atoms with Crippen molar-refractivity contribution in [2.45, 2.75) is 48.8 Å². The Balaban J connectivity index is 1.40. The third kappa shape index (κ3) is 2.32. The van der Waals surface area contributed by atoms with Gasteiger partial charge in [-0.05, 0) is 62.5 Å². The lowest BCUT2D eigenvalue weighted by molar-refractivity contribution is 0.00720. The summed E-state index contributed by atoms with van der Waals surface area (Å²) in [6.07, 6.45) is 8.60. The van der Waals surface area contributed by atoms with E-state index in [9.17, 15) is 4.79 Å². The summed E-state index contributed by atoms with van der Waals surface area (Å²) in [5.74, 6) is 1.54. The van der Waals surface area contributed by atoms with Crippen LogP contribution >= 0.6 is 22.9 Å². The molecule has 4 aliphatic rings. The number of thiazole rings is 1. The molecule has 24 heavy (non-hydrogen) atoms. The maximum absolute atomic E-state index is 12.1. The molecule has 1 N–H and O–H groups in total. The number of alkyl halides is 1. The molecular formula is C18H19ClN2O2S. The van der Waals surface area contributed by atoms with Crippen molar-refractivity contribution >= 4 is 34.0 Å². The number of carbonyl (C=O) groups is 1. The molecule has 4 bridgehead atoms. The molecule has 2 aromatic heterocycles. The molecule has 4 aliphatic carbocycles. The van der Waals surface area contributed by atoms with Crippen LogP contribution in [0.1, 0.15) is 54.8 Å².